The normalized spacial score (nSPS) is 14.3. The van der Waals surface area contributed by atoms with E-state index in [1.54, 1.807) is 42.5 Å². The third-order valence-corrected chi connectivity index (χ3v) is 6.89. The van der Waals surface area contributed by atoms with Crippen LogP contribution in [0.25, 0.3) is 11.8 Å². The van der Waals surface area contributed by atoms with Crippen LogP contribution in [0.15, 0.2) is 73.1 Å². The molecule has 0 aliphatic carbocycles. The highest BCUT2D eigenvalue weighted by molar-refractivity contribution is 6.30. The molecule has 0 bridgehead atoms. The standard InChI is InChI=1S/C29H24ClN7O5/c1-17(38)32-24-4-2-3-23-22(24)13-14-36(27(23)28(40)33-21-9-5-18(6-10-21)29(41)42)26(39)12-7-19-15-20(30)8-11-25(19)37-16-31-34-35-37/h2-12,15-16,27H,13-14H2,1H3,(H,32,38)(H,33,40)(H,41,42). The lowest BCUT2D eigenvalue weighted by Crippen LogP contribution is -2.45. The number of aromatic nitrogens is 4. The molecule has 0 saturated carbocycles. The van der Waals surface area contributed by atoms with E-state index in [2.05, 4.69) is 26.2 Å². The maximum Gasteiger partial charge on any atom is 0.335 e. The van der Waals surface area contributed by atoms with E-state index in [-0.39, 0.29) is 18.0 Å². The summed E-state index contributed by atoms with van der Waals surface area (Å²) in [6.07, 6.45) is 4.74. The van der Waals surface area contributed by atoms with Crippen molar-refractivity contribution >= 4 is 52.7 Å². The number of rotatable bonds is 7. The van der Waals surface area contributed by atoms with Crippen LogP contribution in [0.5, 0.6) is 0 Å². The third-order valence-electron chi connectivity index (χ3n) is 6.65. The number of hydrogen-bond acceptors (Lipinski definition) is 7. The number of anilines is 2. The number of hydrogen-bond donors (Lipinski definition) is 3. The van der Waals surface area contributed by atoms with Crippen molar-refractivity contribution in [2.45, 2.75) is 19.4 Å². The molecule has 3 amide bonds. The third kappa shape index (κ3) is 6.03. The van der Waals surface area contributed by atoms with Gasteiger partial charge in [0.05, 0.1) is 11.3 Å². The fourth-order valence-corrected chi connectivity index (χ4v) is 4.98. The molecule has 1 aromatic heterocycles. The van der Waals surface area contributed by atoms with Crippen molar-refractivity contribution in [2.75, 3.05) is 17.2 Å². The zero-order chi connectivity index (χ0) is 29.8. The Labute approximate surface area is 244 Å². The van der Waals surface area contributed by atoms with Crippen molar-refractivity contribution in [3.8, 4) is 5.69 Å². The molecule has 1 atom stereocenters. The molecule has 5 rings (SSSR count). The Morgan fingerprint density at radius 3 is 2.52 bits per heavy atom. The number of carbonyl (C=O) groups is 4. The number of carboxylic acid groups (broad SMARTS) is 1. The highest BCUT2D eigenvalue weighted by Crippen LogP contribution is 2.35. The zero-order valence-electron chi connectivity index (χ0n) is 22.2. The molecule has 3 aromatic carbocycles. The molecule has 12 nitrogen and oxygen atoms in total. The molecule has 0 saturated heterocycles. The van der Waals surface area contributed by atoms with Crippen molar-refractivity contribution in [3.05, 3.63) is 100 Å². The summed E-state index contributed by atoms with van der Waals surface area (Å²) in [5, 5.41) is 26.4. The van der Waals surface area contributed by atoms with Crippen LogP contribution in [0.2, 0.25) is 5.02 Å². The molecule has 2 heterocycles. The number of nitrogens with one attached hydrogen (secondary N) is 2. The van der Waals surface area contributed by atoms with Gasteiger partial charge >= 0.3 is 5.97 Å². The van der Waals surface area contributed by atoms with Gasteiger partial charge in [-0.15, -0.1) is 5.10 Å². The van der Waals surface area contributed by atoms with Gasteiger partial charge in [0.2, 0.25) is 11.8 Å². The SMILES string of the molecule is CC(=O)Nc1cccc2c1CCN(C(=O)C=Cc1cc(Cl)ccc1-n1cnnn1)C2C(=O)Nc1ccc(C(=O)O)cc1. The van der Waals surface area contributed by atoms with Crippen molar-refractivity contribution in [3.63, 3.8) is 0 Å². The predicted molar refractivity (Wildman–Crippen MR) is 154 cm³/mol. The highest BCUT2D eigenvalue weighted by Gasteiger charge is 2.36. The van der Waals surface area contributed by atoms with Gasteiger partial charge in [-0.25, -0.2) is 4.79 Å². The van der Waals surface area contributed by atoms with E-state index in [1.165, 1.54) is 53.2 Å². The molecule has 0 spiro atoms. The Morgan fingerprint density at radius 2 is 1.83 bits per heavy atom. The fourth-order valence-electron chi connectivity index (χ4n) is 4.80. The van der Waals surface area contributed by atoms with E-state index >= 15 is 0 Å². The summed E-state index contributed by atoms with van der Waals surface area (Å²) in [4.78, 5) is 51.9. The zero-order valence-corrected chi connectivity index (χ0v) is 22.9. The summed E-state index contributed by atoms with van der Waals surface area (Å²) in [5.41, 5.74) is 3.48. The molecule has 1 aliphatic rings. The van der Waals surface area contributed by atoms with E-state index in [1.807, 2.05) is 0 Å². The quantitative estimate of drug-likeness (QED) is 0.276. The van der Waals surface area contributed by atoms with Crippen LogP contribution in [0.3, 0.4) is 0 Å². The minimum absolute atomic E-state index is 0.0694. The molecular formula is C29H24ClN7O5. The Bertz CT molecular complexity index is 1700. The van der Waals surface area contributed by atoms with E-state index in [9.17, 15) is 24.3 Å². The van der Waals surface area contributed by atoms with Gasteiger partial charge in [-0.1, -0.05) is 23.7 Å². The number of carbonyl (C=O) groups excluding carboxylic acids is 3. The van der Waals surface area contributed by atoms with Gasteiger partial charge in [-0.2, -0.15) is 4.68 Å². The van der Waals surface area contributed by atoms with Crippen LogP contribution in [-0.2, 0) is 20.8 Å². The summed E-state index contributed by atoms with van der Waals surface area (Å²) in [6, 6.07) is 14.9. The number of halogens is 1. The van der Waals surface area contributed by atoms with Crippen LogP contribution in [-0.4, -0.2) is 60.4 Å². The van der Waals surface area contributed by atoms with Crippen LogP contribution in [0.4, 0.5) is 11.4 Å². The first-order valence-electron chi connectivity index (χ1n) is 12.8. The second kappa shape index (κ2) is 12.0. The maximum absolute atomic E-state index is 13.8. The summed E-state index contributed by atoms with van der Waals surface area (Å²) in [7, 11) is 0. The van der Waals surface area contributed by atoms with Gasteiger partial charge < -0.3 is 20.6 Å². The molecule has 3 N–H and O–H groups in total. The maximum atomic E-state index is 13.8. The van der Waals surface area contributed by atoms with Crippen LogP contribution >= 0.6 is 11.6 Å². The van der Waals surface area contributed by atoms with Gasteiger partial charge in [0, 0.05) is 41.5 Å². The molecule has 13 heteroatoms. The molecule has 4 aromatic rings. The average Bonchev–Trinajstić information content (AvgIpc) is 3.50. The lowest BCUT2D eigenvalue weighted by Gasteiger charge is -2.36. The Morgan fingerprint density at radius 1 is 1.05 bits per heavy atom. The summed E-state index contributed by atoms with van der Waals surface area (Å²) in [6.45, 7) is 1.59. The van der Waals surface area contributed by atoms with Gasteiger partial charge in [-0.05, 0) is 82.6 Å². The lowest BCUT2D eigenvalue weighted by molar-refractivity contribution is -0.135. The summed E-state index contributed by atoms with van der Waals surface area (Å²) >= 11 is 6.21. The smallest absolute Gasteiger partial charge is 0.335 e. The number of nitrogens with zero attached hydrogens (tertiary/aromatic N) is 5. The predicted octanol–water partition coefficient (Wildman–Crippen LogP) is 3.75. The van der Waals surface area contributed by atoms with E-state index < -0.39 is 23.8 Å². The largest absolute Gasteiger partial charge is 0.478 e. The first kappa shape index (κ1) is 28.2. The average molecular weight is 586 g/mol. The lowest BCUT2D eigenvalue weighted by atomic mass is 9.90. The number of tetrazole rings is 1. The monoisotopic (exact) mass is 585 g/mol. The van der Waals surface area contributed by atoms with E-state index in [4.69, 9.17) is 11.6 Å². The van der Waals surface area contributed by atoms with Crippen LogP contribution in [0.1, 0.15) is 40.0 Å². The highest BCUT2D eigenvalue weighted by atomic mass is 35.5. The Balaban J connectivity index is 1.49. The van der Waals surface area contributed by atoms with Crippen LogP contribution in [0, 0.1) is 0 Å². The molecule has 1 unspecified atom stereocenters. The van der Waals surface area contributed by atoms with E-state index in [0.29, 0.717) is 39.6 Å². The van der Waals surface area contributed by atoms with E-state index in [0.717, 1.165) is 5.56 Å². The summed E-state index contributed by atoms with van der Waals surface area (Å²) in [5.74, 6) is -2.29. The number of benzene rings is 3. The molecule has 42 heavy (non-hydrogen) atoms. The van der Waals surface area contributed by atoms with Crippen molar-refractivity contribution < 1.29 is 24.3 Å². The molecular weight excluding hydrogens is 562 g/mol. The van der Waals surface area contributed by atoms with Gasteiger partial charge in [0.25, 0.3) is 5.91 Å². The second-order valence-corrected chi connectivity index (χ2v) is 9.84. The molecule has 212 valence electrons. The minimum atomic E-state index is -1.09. The number of amides is 3. The number of carboxylic acids is 1. The number of fused-ring (bicyclic) bond motifs is 1. The fraction of sp³-hybridized carbons (Fsp3) is 0.138. The van der Waals surface area contributed by atoms with Gasteiger partial charge in [0.1, 0.15) is 12.4 Å². The van der Waals surface area contributed by atoms with Gasteiger partial charge in [0.15, 0.2) is 0 Å². The second-order valence-electron chi connectivity index (χ2n) is 9.40. The molecule has 0 fully saturated rings. The Hall–Kier alpha value is -5.36. The summed E-state index contributed by atoms with van der Waals surface area (Å²) < 4.78 is 1.44. The van der Waals surface area contributed by atoms with Gasteiger partial charge in [-0.3, -0.25) is 14.4 Å². The van der Waals surface area contributed by atoms with Crippen molar-refractivity contribution in [1.82, 2.24) is 25.1 Å². The first-order chi connectivity index (χ1) is 20.2. The van der Waals surface area contributed by atoms with Crippen LogP contribution < -0.4 is 10.6 Å². The molecule has 1 aliphatic heterocycles. The van der Waals surface area contributed by atoms with Crippen molar-refractivity contribution in [1.29, 1.82) is 0 Å². The minimum Gasteiger partial charge on any atom is -0.478 e. The van der Waals surface area contributed by atoms with Crippen molar-refractivity contribution in [2.24, 2.45) is 0 Å². The number of aromatic carboxylic acids is 1. The molecule has 0 radical (unpaired) electrons. The topological polar surface area (TPSA) is 159 Å². The first-order valence-corrected chi connectivity index (χ1v) is 13.1. The Kier molecular flexibility index (Phi) is 8.07.